The molecule has 32 heavy (non-hydrogen) atoms. The second kappa shape index (κ2) is 8.31. The van der Waals surface area contributed by atoms with Crippen LogP contribution in [0.2, 0.25) is 0 Å². The number of carbonyl (C=O) groups excluding carboxylic acids is 1. The normalized spacial score (nSPS) is 14.0. The number of nitro groups is 1. The van der Waals surface area contributed by atoms with Crippen molar-refractivity contribution in [2.75, 3.05) is 36.0 Å². The summed E-state index contributed by atoms with van der Waals surface area (Å²) in [6.45, 7) is 3.57. The number of furan rings is 1. The van der Waals surface area contributed by atoms with Crippen LogP contribution in [0.3, 0.4) is 0 Å². The summed E-state index contributed by atoms with van der Waals surface area (Å²) in [6, 6.07) is 17.9. The molecule has 0 atom stereocenters. The van der Waals surface area contributed by atoms with Crippen molar-refractivity contribution in [3.63, 3.8) is 0 Å². The lowest BCUT2D eigenvalue weighted by molar-refractivity contribution is -0.402. The first-order chi connectivity index (χ1) is 15.6. The highest BCUT2D eigenvalue weighted by Crippen LogP contribution is 2.32. The number of ether oxygens (including phenoxy) is 1. The first-order valence-corrected chi connectivity index (χ1v) is 10.8. The molecule has 1 saturated heterocycles. The van der Waals surface area contributed by atoms with Crippen LogP contribution in [-0.4, -0.2) is 42.1 Å². The molecule has 0 spiro atoms. The Morgan fingerprint density at radius 3 is 2.50 bits per heavy atom. The summed E-state index contributed by atoms with van der Waals surface area (Å²) in [6.07, 6.45) is 0. The minimum absolute atomic E-state index is 0.224. The smallest absolute Gasteiger partial charge is 0.421 e. The van der Waals surface area contributed by atoms with Gasteiger partial charge in [0, 0.05) is 37.9 Å². The molecule has 4 aromatic rings. The number of aromatic nitrogens is 1. The standard InChI is InChI=1S/C22H18N4O5S/c27-21(18-8-9-20(31-18)26(28)29)30-16-6-7-17-19(14-16)32-22(23-17)25-12-10-24(11-13-25)15-4-2-1-3-5-15/h1-9,14H,10-13H2. The fraction of sp³-hybridized carbons (Fsp3) is 0.182. The number of anilines is 2. The summed E-state index contributed by atoms with van der Waals surface area (Å²) in [7, 11) is 0. The maximum absolute atomic E-state index is 12.2. The summed E-state index contributed by atoms with van der Waals surface area (Å²) in [5, 5.41) is 11.6. The lowest BCUT2D eigenvalue weighted by Gasteiger charge is -2.35. The first-order valence-electron chi connectivity index (χ1n) is 9.99. The van der Waals surface area contributed by atoms with Gasteiger partial charge in [0.05, 0.1) is 16.3 Å². The molecule has 1 aliphatic heterocycles. The van der Waals surface area contributed by atoms with Gasteiger partial charge in [-0.1, -0.05) is 29.5 Å². The van der Waals surface area contributed by atoms with Gasteiger partial charge < -0.3 is 19.0 Å². The van der Waals surface area contributed by atoms with E-state index in [0.717, 1.165) is 47.6 Å². The Morgan fingerprint density at radius 2 is 1.78 bits per heavy atom. The Kier molecular flexibility index (Phi) is 5.20. The predicted molar refractivity (Wildman–Crippen MR) is 121 cm³/mol. The summed E-state index contributed by atoms with van der Waals surface area (Å²) < 4.78 is 11.1. The van der Waals surface area contributed by atoms with Gasteiger partial charge in [-0.05, 0) is 30.3 Å². The quantitative estimate of drug-likeness (QED) is 0.191. The van der Waals surface area contributed by atoms with Crippen molar-refractivity contribution in [1.82, 2.24) is 4.98 Å². The van der Waals surface area contributed by atoms with Crippen molar-refractivity contribution < 1.29 is 18.9 Å². The average Bonchev–Trinajstić information content (AvgIpc) is 3.47. The third-order valence-corrected chi connectivity index (χ3v) is 6.28. The molecule has 10 heteroatoms. The van der Waals surface area contributed by atoms with Crippen LogP contribution >= 0.6 is 11.3 Å². The molecule has 1 fully saturated rings. The van der Waals surface area contributed by atoms with E-state index in [1.807, 2.05) is 18.2 Å². The predicted octanol–water partition coefficient (Wildman–Crippen LogP) is 4.34. The Labute approximate surface area is 186 Å². The monoisotopic (exact) mass is 450 g/mol. The molecule has 5 rings (SSSR count). The van der Waals surface area contributed by atoms with E-state index < -0.39 is 16.8 Å². The summed E-state index contributed by atoms with van der Waals surface area (Å²) >= 11 is 1.54. The number of thiazole rings is 1. The fourth-order valence-electron chi connectivity index (χ4n) is 3.58. The van der Waals surface area contributed by atoms with E-state index in [1.54, 1.807) is 18.2 Å². The molecule has 9 nitrogen and oxygen atoms in total. The Bertz CT molecular complexity index is 1280. The Morgan fingerprint density at radius 1 is 1.03 bits per heavy atom. The minimum atomic E-state index is -0.792. The lowest BCUT2D eigenvalue weighted by atomic mass is 10.2. The van der Waals surface area contributed by atoms with Gasteiger partial charge in [0.2, 0.25) is 5.76 Å². The van der Waals surface area contributed by atoms with E-state index in [2.05, 4.69) is 21.9 Å². The highest BCUT2D eigenvalue weighted by molar-refractivity contribution is 7.22. The van der Waals surface area contributed by atoms with Crippen molar-refractivity contribution in [1.29, 1.82) is 0 Å². The maximum Gasteiger partial charge on any atom is 0.433 e. The zero-order chi connectivity index (χ0) is 22.1. The van der Waals surface area contributed by atoms with E-state index in [9.17, 15) is 14.9 Å². The van der Waals surface area contributed by atoms with E-state index in [1.165, 1.54) is 23.1 Å². The zero-order valence-corrected chi connectivity index (χ0v) is 17.7. The zero-order valence-electron chi connectivity index (χ0n) is 16.8. The maximum atomic E-state index is 12.2. The van der Waals surface area contributed by atoms with Gasteiger partial charge in [-0.15, -0.1) is 0 Å². The SMILES string of the molecule is O=C(Oc1ccc2nc(N3CCN(c4ccccc4)CC3)sc2c1)c1ccc([N+](=O)[O-])o1. The number of benzene rings is 2. The van der Waals surface area contributed by atoms with Gasteiger partial charge in [-0.2, -0.15) is 0 Å². The van der Waals surface area contributed by atoms with Crippen LogP contribution in [0, 0.1) is 10.1 Å². The largest absolute Gasteiger partial charge is 0.433 e. The third-order valence-electron chi connectivity index (χ3n) is 5.20. The van der Waals surface area contributed by atoms with Crippen molar-refractivity contribution in [3.8, 4) is 5.75 Å². The van der Waals surface area contributed by atoms with E-state index >= 15 is 0 Å². The molecule has 0 unspecified atom stereocenters. The molecule has 0 amide bonds. The Balaban J connectivity index is 1.27. The molecule has 162 valence electrons. The molecule has 2 aromatic carbocycles. The number of nitrogens with zero attached hydrogens (tertiary/aromatic N) is 4. The van der Waals surface area contributed by atoms with Crippen LogP contribution in [0.1, 0.15) is 10.6 Å². The number of rotatable bonds is 5. The molecule has 0 bridgehead atoms. The first kappa shape index (κ1) is 20.0. The van der Waals surface area contributed by atoms with Gasteiger partial charge in [0.25, 0.3) is 0 Å². The number of esters is 1. The molecule has 1 aliphatic rings. The number of hydrogen-bond donors (Lipinski definition) is 0. The van der Waals surface area contributed by atoms with Crippen LogP contribution in [0.15, 0.2) is 65.1 Å². The molecule has 0 saturated carbocycles. The van der Waals surface area contributed by atoms with Crippen LogP contribution in [0.4, 0.5) is 16.7 Å². The van der Waals surface area contributed by atoms with E-state index in [4.69, 9.17) is 14.1 Å². The van der Waals surface area contributed by atoms with Gasteiger partial charge in [0.15, 0.2) is 5.13 Å². The number of fused-ring (bicyclic) bond motifs is 1. The highest BCUT2D eigenvalue weighted by Gasteiger charge is 2.21. The number of piperazine rings is 1. The second-order valence-corrected chi connectivity index (χ2v) is 8.23. The summed E-state index contributed by atoms with van der Waals surface area (Å²) in [5.41, 5.74) is 2.05. The van der Waals surface area contributed by atoms with Gasteiger partial charge >= 0.3 is 11.9 Å². The molecule has 0 radical (unpaired) electrons. The van der Waals surface area contributed by atoms with Crippen molar-refractivity contribution >= 4 is 44.2 Å². The van der Waals surface area contributed by atoms with Crippen molar-refractivity contribution in [2.45, 2.75) is 0 Å². The third kappa shape index (κ3) is 4.00. The van der Waals surface area contributed by atoms with Gasteiger partial charge in [-0.3, -0.25) is 10.1 Å². The van der Waals surface area contributed by atoms with Crippen LogP contribution in [0.5, 0.6) is 5.75 Å². The van der Waals surface area contributed by atoms with Crippen molar-refractivity contribution in [3.05, 3.63) is 76.5 Å². The lowest BCUT2D eigenvalue weighted by Crippen LogP contribution is -2.46. The van der Waals surface area contributed by atoms with Gasteiger partial charge in [-0.25, -0.2) is 9.78 Å². The number of para-hydroxylation sites is 1. The second-order valence-electron chi connectivity index (χ2n) is 7.22. The highest BCUT2D eigenvalue weighted by atomic mass is 32.1. The van der Waals surface area contributed by atoms with Gasteiger partial charge in [0.1, 0.15) is 10.7 Å². The molecule has 3 heterocycles. The van der Waals surface area contributed by atoms with Crippen LogP contribution in [0.25, 0.3) is 10.2 Å². The molecule has 0 aliphatic carbocycles. The summed E-state index contributed by atoms with van der Waals surface area (Å²) in [4.78, 5) is 31.6. The van der Waals surface area contributed by atoms with E-state index in [0.29, 0.717) is 5.75 Å². The van der Waals surface area contributed by atoms with Crippen LogP contribution in [-0.2, 0) is 0 Å². The Hall–Kier alpha value is -3.92. The van der Waals surface area contributed by atoms with Crippen LogP contribution < -0.4 is 14.5 Å². The minimum Gasteiger partial charge on any atom is -0.421 e. The fourth-order valence-corrected chi connectivity index (χ4v) is 4.62. The number of hydrogen-bond acceptors (Lipinski definition) is 9. The average molecular weight is 450 g/mol. The topological polar surface area (TPSA) is 102 Å². The molecule has 2 aromatic heterocycles. The van der Waals surface area contributed by atoms with E-state index in [-0.39, 0.29) is 5.76 Å². The number of carbonyl (C=O) groups is 1. The molecule has 0 N–H and O–H groups in total. The molecular formula is C22H18N4O5S. The summed E-state index contributed by atoms with van der Waals surface area (Å²) in [5.74, 6) is -1.20. The van der Waals surface area contributed by atoms with Crippen molar-refractivity contribution in [2.24, 2.45) is 0 Å². The molecular weight excluding hydrogens is 432 g/mol.